The number of phenols is 1. The molecule has 0 bridgehead atoms. The second kappa shape index (κ2) is 5.47. The number of furan rings is 1. The molecule has 3 aromatic rings. The summed E-state index contributed by atoms with van der Waals surface area (Å²) in [6.07, 6.45) is 1.84. The van der Waals surface area contributed by atoms with E-state index in [0.717, 1.165) is 0 Å². The van der Waals surface area contributed by atoms with Crippen LogP contribution in [0.5, 0.6) is 5.75 Å². The maximum Gasteiger partial charge on any atom is 0.198 e. The fourth-order valence-electron chi connectivity index (χ4n) is 2.17. The number of thioether (sulfide) groups is 1. The molecule has 3 rings (SSSR count). The van der Waals surface area contributed by atoms with Crippen molar-refractivity contribution in [2.75, 3.05) is 6.26 Å². The van der Waals surface area contributed by atoms with Gasteiger partial charge in [-0.25, -0.2) is 0 Å². The average Bonchev–Trinajstić information content (AvgIpc) is 2.85. The van der Waals surface area contributed by atoms with E-state index in [2.05, 4.69) is 0 Å². The smallest absolute Gasteiger partial charge is 0.198 e. The number of benzene rings is 2. The maximum absolute atomic E-state index is 12.7. The van der Waals surface area contributed by atoms with Gasteiger partial charge in [-0.05, 0) is 48.7 Å². The van der Waals surface area contributed by atoms with Crippen LogP contribution in [0.15, 0.2) is 52.0 Å². The van der Waals surface area contributed by atoms with Gasteiger partial charge in [-0.1, -0.05) is 23.4 Å². The van der Waals surface area contributed by atoms with Crippen LogP contribution in [-0.2, 0) is 0 Å². The van der Waals surface area contributed by atoms with Crippen LogP contribution in [0.1, 0.15) is 15.9 Å². The van der Waals surface area contributed by atoms with Gasteiger partial charge in [0.2, 0.25) is 0 Å². The molecule has 1 N–H and O–H groups in total. The molecular formula is C16H11ClO3S. The zero-order valence-electron chi connectivity index (χ0n) is 11.1. The van der Waals surface area contributed by atoms with Crippen LogP contribution in [0.4, 0.5) is 0 Å². The maximum atomic E-state index is 12.7. The molecule has 1 aromatic heterocycles. The first-order valence-corrected chi connectivity index (χ1v) is 7.80. The zero-order chi connectivity index (χ0) is 15.0. The van der Waals surface area contributed by atoms with E-state index in [9.17, 15) is 9.90 Å². The van der Waals surface area contributed by atoms with E-state index in [1.165, 1.54) is 17.8 Å². The van der Waals surface area contributed by atoms with Crippen LogP contribution >= 0.6 is 23.4 Å². The van der Waals surface area contributed by atoms with Gasteiger partial charge < -0.3 is 9.52 Å². The van der Waals surface area contributed by atoms with E-state index in [1.807, 2.05) is 6.26 Å². The van der Waals surface area contributed by atoms with Crippen molar-refractivity contribution < 1.29 is 14.3 Å². The Morgan fingerprint density at radius 1 is 1.19 bits per heavy atom. The first kappa shape index (κ1) is 14.0. The van der Waals surface area contributed by atoms with Crippen molar-refractivity contribution in [1.29, 1.82) is 0 Å². The van der Waals surface area contributed by atoms with Gasteiger partial charge in [0.1, 0.15) is 11.3 Å². The second-order valence-electron chi connectivity index (χ2n) is 4.49. The van der Waals surface area contributed by atoms with Gasteiger partial charge in [0, 0.05) is 16.0 Å². The van der Waals surface area contributed by atoms with E-state index in [0.29, 0.717) is 32.2 Å². The molecule has 0 amide bonds. The van der Waals surface area contributed by atoms with Gasteiger partial charge in [0.25, 0.3) is 0 Å². The Balaban J connectivity index is 2.20. The molecular weight excluding hydrogens is 308 g/mol. The summed E-state index contributed by atoms with van der Waals surface area (Å²) in [6.45, 7) is 0. The molecule has 0 saturated carbocycles. The van der Waals surface area contributed by atoms with E-state index < -0.39 is 0 Å². The monoisotopic (exact) mass is 318 g/mol. The van der Waals surface area contributed by atoms with Crippen molar-refractivity contribution in [1.82, 2.24) is 0 Å². The van der Waals surface area contributed by atoms with E-state index in [-0.39, 0.29) is 11.5 Å². The van der Waals surface area contributed by atoms with Crippen molar-refractivity contribution in [3.63, 3.8) is 0 Å². The van der Waals surface area contributed by atoms with Crippen LogP contribution < -0.4 is 0 Å². The first-order chi connectivity index (χ1) is 10.1. The fraction of sp³-hybridized carbons (Fsp3) is 0.0625. The Kier molecular flexibility index (Phi) is 3.66. The Morgan fingerprint density at radius 2 is 1.90 bits per heavy atom. The number of hydrogen-bond acceptors (Lipinski definition) is 4. The van der Waals surface area contributed by atoms with Gasteiger partial charge in [-0.15, -0.1) is 0 Å². The Morgan fingerprint density at radius 3 is 2.57 bits per heavy atom. The lowest BCUT2D eigenvalue weighted by Gasteiger charge is -2.01. The summed E-state index contributed by atoms with van der Waals surface area (Å²) in [6, 6.07) is 11.4. The van der Waals surface area contributed by atoms with Gasteiger partial charge >= 0.3 is 0 Å². The van der Waals surface area contributed by atoms with Crippen molar-refractivity contribution in [2.45, 2.75) is 5.09 Å². The standard InChI is InChI=1S/C16H11ClO3S/c1-21-16-14(12-8-11(18)6-7-13(12)20-16)15(19)9-2-4-10(17)5-3-9/h2-8,18H,1H3. The third-order valence-corrected chi connectivity index (χ3v) is 4.07. The second-order valence-corrected chi connectivity index (χ2v) is 5.70. The number of aromatic hydroxyl groups is 1. The molecule has 0 atom stereocenters. The summed E-state index contributed by atoms with van der Waals surface area (Å²) in [5.74, 6) is -0.0542. The molecule has 1 heterocycles. The molecule has 0 saturated heterocycles. The number of hydrogen-bond donors (Lipinski definition) is 1. The van der Waals surface area contributed by atoms with E-state index in [4.69, 9.17) is 16.0 Å². The minimum absolute atomic E-state index is 0.0982. The van der Waals surface area contributed by atoms with Gasteiger partial charge in [0.05, 0.1) is 5.56 Å². The highest BCUT2D eigenvalue weighted by Crippen LogP contribution is 2.35. The molecule has 2 aromatic carbocycles. The average molecular weight is 319 g/mol. The lowest BCUT2D eigenvalue weighted by Crippen LogP contribution is -2.01. The Hall–Kier alpha value is -1.91. The summed E-state index contributed by atoms with van der Waals surface area (Å²) in [7, 11) is 0. The number of carbonyl (C=O) groups is 1. The molecule has 0 aliphatic carbocycles. The topological polar surface area (TPSA) is 50.4 Å². The third kappa shape index (κ3) is 2.52. The number of halogens is 1. The lowest BCUT2D eigenvalue weighted by atomic mass is 10.0. The summed E-state index contributed by atoms with van der Waals surface area (Å²) < 4.78 is 5.67. The fourth-order valence-corrected chi connectivity index (χ4v) is 2.87. The van der Waals surface area contributed by atoms with E-state index in [1.54, 1.807) is 36.4 Å². The summed E-state index contributed by atoms with van der Waals surface area (Å²) in [5, 5.41) is 11.4. The quantitative estimate of drug-likeness (QED) is 0.559. The van der Waals surface area contributed by atoms with Crippen molar-refractivity contribution >= 4 is 40.1 Å². The van der Waals surface area contributed by atoms with Crippen molar-refractivity contribution in [3.8, 4) is 5.75 Å². The highest BCUT2D eigenvalue weighted by Gasteiger charge is 2.22. The Labute approximate surface area is 130 Å². The number of carbonyl (C=O) groups excluding carboxylic acids is 1. The van der Waals surface area contributed by atoms with Gasteiger partial charge in [-0.2, -0.15) is 0 Å². The number of ketones is 1. The minimum Gasteiger partial charge on any atom is -0.508 e. The van der Waals surface area contributed by atoms with Crippen molar-refractivity contribution in [2.24, 2.45) is 0 Å². The van der Waals surface area contributed by atoms with E-state index >= 15 is 0 Å². The van der Waals surface area contributed by atoms with Gasteiger partial charge in [0.15, 0.2) is 10.9 Å². The molecule has 0 aliphatic rings. The molecule has 0 spiro atoms. The van der Waals surface area contributed by atoms with Crippen LogP contribution in [-0.4, -0.2) is 17.1 Å². The summed E-state index contributed by atoms with van der Waals surface area (Å²) >= 11 is 7.21. The number of phenolic OH excluding ortho intramolecular Hbond substituents is 1. The van der Waals surface area contributed by atoms with Crippen LogP contribution in [0.25, 0.3) is 11.0 Å². The summed E-state index contributed by atoms with van der Waals surface area (Å²) in [5.41, 5.74) is 1.57. The molecule has 5 heteroatoms. The lowest BCUT2D eigenvalue weighted by molar-refractivity contribution is 0.103. The Bertz CT molecular complexity index is 821. The minimum atomic E-state index is -0.152. The largest absolute Gasteiger partial charge is 0.508 e. The molecule has 0 unspecified atom stereocenters. The SMILES string of the molecule is CSc1oc2ccc(O)cc2c1C(=O)c1ccc(Cl)cc1. The molecule has 3 nitrogen and oxygen atoms in total. The van der Waals surface area contributed by atoms with Crippen LogP contribution in [0.2, 0.25) is 5.02 Å². The highest BCUT2D eigenvalue weighted by atomic mass is 35.5. The number of rotatable bonds is 3. The zero-order valence-corrected chi connectivity index (χ0v) is 12.7. The van der Waals surface area contributed by atoms with Gasteiger partial charge in [-0.3, -0.25) is 4.79 Å². The summed E-state index contributed by atoms with van der Waals surface area (Å²) in [4.78, 5) is 12.7. The number of fused-ring (bicyclic) bond motifs is 1. The third-order valence-electron chi connectivity index (χ3n) is 3.16. The normalized spacial score (nSPS) is 11.0. The molecule has 21 heavy (non-hydrogen) atoms. The molecule has 0 radical (unpaired) electrons. The predicted molar refractivity (Wildman–Crippen MR) is 84.5 cm³/mol. The molecule has 0 aliphatic heterocycles. The van der Waals surface area contributed by atoms with Crippen LogP contribution in [0, 0.1) is 0 Å². The van der Waals surface area contributed by atoms with Crippen LogP contribution in [0.3, 0.4) is 0 Å². The first-order valence-electron chi connectivity index (χ1n) is 6.20. The molecule has 0 fully saturated rings. The highest BCUT2D eigenvalue weighted by molar-refractivity contribution is 7.98. The predicted octanol–water partition coefficient (Wildman–Crippen LogP) is 4.74. The van der Waals surface area contributed by atoms with Crippen molar-refractivity contribution in [3.05, 3.63) is 58.6 Å². The molecule has 106 valence electrons.